The molecule has 1 saturated carbocycles. The number of amides is 1. The van der Waals surface area contributed by atoms with Gasteiger partial charge in [-0.25, -0.2) is 0 Å². The van der Waals surface area contributed by atoms with Crippen LogP contribution in [0.25, 0.3) is 0 Å². The number of hydrogen-bond donors (Lipinski definition) is 1. The second-order valence-corrected chi connectivity index (χ2v) is 7.64. The average Bonchev–Trinajstić information content (AvgIpc) is 2.91. The highest BCUT2D eigenvalue weighted by atomic mass is 35.5. The van der Waals surface area contributed by atoms with E-state index >= 15 is 0 Å². The molecule has 0 radical (unpaired) electrons. The Morgan fingerprint density at radius 2 is 1.88 bits per heavy atom. The number of carbonyl (C=O) groups is 2. The molecule has 0 aromatic heterocycles. The van der Waals surface area contributed by atoms with Crippen molar-refractivity contribution in [2.75, 3.05) is 6.54 Å². The van der Waals surface area contributed by atoms with E-state index in [0.29, 0.717) is 29.3 Å². The van der Waals surface area contributed by atoms with Gasteiger partial charge in [0.25, 0.3) is 0 Å². The first-order chi connectivity index (χ1) is 11.5. The van der Waals surface area contributed by atoms with Crippen molar-refractivity contribution in [3.8, 4) is 0 Å². The number of carbonyl (C=O) groups excluding carboxylic acids is 1. The molecule has 2 fully saturated rings. The van der Waals surface area contributed by atoms with E-state index in [4.69, 9.17) is 28.3 Å². The number of benzene rings is 1. The summed E-state index contributed by atoms with van der Waals surface area (Å²) in [6.45, 7) is 0.761. The molecule has 1 unspecified atom stereocenters. The van der Waals surface area contributed by atoms with Crippen molar-refractivity contribution in [1.29, 1.82) is 0 Å². The van der Waals surface area contributed by atoms with Crippen LogP contribution in [0.5, 0.6) is 0 Å². The Kier molecular flexibility index (Phi) is 5.36. The van der Waals surface area contributed by atoms with Gasteiger partial charge in [0.15, 0.2) is 0 Å². The lowest BCUT2D eigenvalue weighted by molar-refractivity contribution is -0.143. The molecule has 1 atom stereocenters. The predicted octanol–water partition coefficient (Wildman–Crippen LogP) is 4.03. The molecule has 1 amide bonds. The highest BCUT2D eigenvalue weighted by Gasteiger charge is 2.38. The van der Waals surface area contributed by atoms with Crippen LogP contribution in [0.15, 0.2) is 18.2 Å². The lowest BCUT2D eigenvalue weighted by Crippen LogP contribution is -2.41. The number of carboxylic acid groups (broad SMARTS) is 1. The van der Waals surface area contributed by atoms with Crippen molar-refractivity contribution < 1.29 is 14.7 Å². The van der Waals surface area contributed by atoms with Gasteiger partial charge in [0, 0.05) is 28.5 Å². The van der Waals surface area contributed by atoms with E-state index in [1.165, 1.54) is 0 Å². The summed E-state index contributed by atoms with van der Waals surface area (Å²) in [5.74, 6) is -0.820. The minimum absolute atomic E-state index is 0.0409. The Morgan fingerprint density at radius 1 is 1.17 bits per heavy atom. The van der Waals surface area contributed by atoms with Crippen LogP contribution >= 0.6 is 23.2 Å². The quantitative estimate of drug-likeness (QED) is 0.871. The summed E-state index contributed by atoms with van der Waals surface area (Å²) >= 11 is 12.1. The Labute approximate surface area is 151 Å². The first-order valence-electron chi connectivity index (χ1n) is 8.43. The fraction of sp³-hybridized carbons (Fsp3) is 0.556. The van der Waals surface area contributed by atoms with E-state index < -0.39 is 5.97 Å². The molecule has 130 valence electrons. The third-order valence-corrected chi connectivity index (χ3v) is 5.91. The monoisotopic (exact) mass is 369 g/mol. The molecule has 1 aromatic rings. The summed E-state index contributed by atoms with van der Waals surface area (Å²) in [5, 5.41) is 10.3. The van der Waals surface area contributed by atoms with Gasteiger partial charge in [-0.2, -0.15) is 0 Å². The van der Waals surface area contributed by atoms with Crippen LogP contribution in [0.3, 0.4) is 0 Å². The van der Waals surface area contributed by atoms with Gasteiger partial charge in [-0.3, -0.25) is 9.59 Å². The number of hydrogen-bond acceptors (Lipinski definition) is 2. The maximum atomic E-state index is 12.7. The van der Waals surface area contributed by atoms with E-state index in [9.17, 15) is 9.59 Å². The maximum Gasteiger partial charge on any atom is 0.306 e. The number of aliphatic carboxylic acids is 1. The second-order valence-electron chi connectivity index (χ2n) is 6.80. The highest BCUT2D eigenvalue weighted by Crippen LogP contribution is 2.33. The van der Waals surface area contributed by atoms with Crippen molar-refractivity contribution in [1.82, 2.24) is 4.90 Å². The smallest absolute Gasteiger partial charge is 0.306 e. The molecule has 1 aliphatic heterocycles. The van der Waals surface area contributed by atoms with Crippen LogP contribution in [0, 0.1) is 11.8 Å². The minimum Gasteiger partial charge on any atom is -0.481 e. The molecule has 2 aliphatic rings. The molecule has 4 nitrogen and oxygen atoms in total. The fourth-order valence-electron chi connectivity index (χ4n) is 3.90. The van der Waals surface area contributed by atoms with Gasteiger partial charge in [-0.15, -0.1) is 0 Å². The van der Waals surface area contributed by atoms with Crippen LogP contribution in [-0.2, 0) is 16.0 Å². The van der Waals surface area contributed by atoms with Gasteiger partial charge < -0.3 is 10.0 Å². The van der Waals surface area contributed by atoms with Crippen LogP contribution in [-0.4, -0.2) is 34.5 Å². The summed E-state index contributed by atoms with van der Waals surface area (Å²) in [5.41, 5.74) is 0.954. The first-order valence-corrected chi connectivity index (χ1v) is 9.18. The third-order valence-electron chi connectivity index (χ3n) is 5.32. The molecule has 1 saturated heterocycles. The van der Waals surface area contributed by atoms with Crippen LogP contribution in [0.2, 0.25) is 10.0 Å². The Balaban J connectivity index is 1.60. The normalized spacial score (nSPS) is 27.5. The molecule has 6 heteroatoms. The molecule has 0 bridgehead atoms. The molecule has 24 heavy (non-hydrogen) atoms. The summed E-state index contributed by atoms with van der Waals surface area (Å²) < 4.78 is 0. The zero-order valence-electron chi connectivity index (χ0n) is 13.4. The van der Waals surface area contributed by atoms with Gasteiger partial charge in [0.05, 0.1) is 5.92 Å². The van der Waals surface area contributed by atoms with Crippen molar-refractivity contribution >= 4 is 35.1 Å². The topological polar surface area (TPSA) is 57.6 Å². The molecule has 1 heterocycles. The molecular weight excluding hydrogens is 349 g/mol. The standard InChI is InChI=1S/C18H21Cl2NO3/c19-14-4-1-12(16(20)10-14)9-13-7-8-21(17(13)22)15-5-2-11(3-6-15)18(23)24/h1,4,10-11,13,15H,2-3,5-9H2,(H,23,24). The van der Waals surface area contributed by atoms with Gasteiger partial charge >= 0.3 is 5.97 Å². The van der Waals surface area contributed by atoms with E-state index in [1.54, 1.807) is 12.1 Å². The molecule has 1 N–H and O–H groups in total. The average molecular weight is 370 g/mol. The highest BCUT2D eigenvalue weighted by molar-refractivity contribution is 6.35. The molecule has 1 aliphatic carbocycles. The van der Waals surface area contributed by atoms with Crippen LogP contribution < -0.4 is 0 Å². The Hall–Kier alpha value is -1.26. The molecule has 3 rings (SSSR count). The van der Waals surface area contributed by atoms with Gasteiger partial charge in [-0.05, 0) is 56.2 Å². The molecule has 1 aromatic carbocycles. The number of nitrogens with zero attached hydrogens (tertiary/aromatic N) is 1. The molecule has 0 spiro atoms. The van der Waals surface area contributed by atoms with E-state index in [1.807, 2.05) is 11.0 Å². The zero-order chi connectivity index (χ0) is 17.3. The molecular formula is C18H21Cl2NO3. The number of carboxylic acids is 1. The zero-order valence-corrected chi connectivity index (χ0v) is 14.9. The summed E-state index contributed by atoms with van der Waals surface area (Å²) in [6, 6.07) is 5.59. The first kappa shape index (κ1) is 17.6. The van der Waals surface area contributed by atoms with Gasteiger partial charge in [0.1, 0.15) is 0 Å². The predicted molar refractivity (Wildman–Crippen MR) is 93.4 cm³/mol. The van der Waals surface area contributed by atoms with E-state index in [-0.39, 0.29) is 23.8 Å². The lowest BCUT2D eigenvalue weighted by Gasteiger charge is -2.33. The SMILES string of the molecule is O=C(O)C1CCC(N2CCC(Cc3ccc(Cl)cc3Cl)C2=O)CC1. The number of likely N-dealkylation sites (tertiary alicyclic amines) is 1. The maximum absolute atomic E-state index is 12.7. The largest absolute Gasteiger partial charge is 0.481 e. The summed E-state index contributed by atoms with van der Waals surface area (Å²) in [6.07, 6.45) is 4.37. The van der Waals surface area contributed by atoms with Crippen molar-refractivity contribution in [2.24, 2.45) is 11.8 Å². The Morgan fingerprint density at radius 3 is 2.50 bits per heavy atom. The second kappa shape index (κ2) is 7.32. The van der Waals surface area contributed by atoms with E-state index in [2.05, 4.69) is 0 Å². The number of halogens is 2. The minimum atomic E-state index is -0.712. The summed E-state index contributed by atoms with van der Waals surface area (Å²) in [7, 11) is 0. The van der Waals surface area contributed by atoms with Gasteiger partial charge in [0.2, 0.25) is 5.91 Å². The lowest BCUT2D eigenvalue weighted by atomic mass is 9.85. The van der Waals surface area contributed by atoms with Crippen molar-refractivity contribution in [3.63, 3.8) is 0 Å². The van der Waals surface area contributed by atoms with Crippen LogP contribution in [0.4, 0.5) is 0 Å². The van der Waals surface area contributed by atoms with Crippen molar-refractivity contribution in [2.45, 2.75) is 44.6 Å². The summed E-state index contributed by atoms with van der Waals surface area (Å²) in [4.78, 5) is 25.8. The number of rotatable bonds is 4. The third kappa shape index (κ3) is 3.70. The van der Waals surface area contributed by atoms with Crippen LogP contribution in [0.1, 0.15) is 37.7 Å². The van der Waals surface area contributed by atoms with E-state index in [0.717, 1.165) is 31.4 Å². The Bertz CT molecular complexity index is 641. The van der Waals surface area contributed by atoms with Crippen molar-refractivity contribution in [3.05, 3.63) is 33.8 Å². The van der Waals surface area contributed by atoms with Gasteiger partial charge in [-0.1, -0.05) is 29.3 Å². The fourth-order valence-corrected chi connectivity index (χ4v) is 4.39.